The van der Waals surface area contributed by atoms with Gasteiger partial charge in [-0.3, -0.25) is 19.7 Å². The lowest BCUT2D eigenvalue weighted by Gasteiger charge is -2.27. The van der Waals surface area contributed by atoms with E-state index in [1.54, 1.807) is 42.5 Å². The van der Waals surface area contributed by atoms with Crippen molar-refractivity contribution >= 4 is 23.2 Å². The molecule has 1 aromatic heterocycles. The van der Waals surface area contributed by atoms with Gasteiger partial charge in [0.05, 0.1) is 16.2 Å². The number of rotatable bonds is 5. The Balaban J connectivity index is 1.53. The summed E-state index contributed by atoms with van der Waals surface area (Å²) in [5, 5.41) is 13.7. The number of benzene rings is 2. The number of furan rings is 1. The molecule has 1 aliphatic heterocycles. The maximum absolute atomic E-state index is 12.9. The largest absolute Gasteiger partial charge is 0.451 e. The summed E-state index contributed by atoms with van der Waals surface area (Å²) in [5.74, 6) is -0.226. The van der Waals surface area contributed by atoms with E-state index in [0.29, 0.717) is 35.7 Å². The van der Waals surface area contributed by atoms with Crippen molar-refractivity contribution < 1.29 is 18.9 Å². The van der Waals surface area contributed by atoms with E-state index in [9.17, 15) is 19.7 Å². The Bertz CT molecular complexity index is 1130. The molecule has 1 N–H and O–H groups in total. The number of piperidine rings is 1. The van der Waals surface area contributed by atoms with Crippen LogP contribution in [-0.4, -0.2) is 34.7 Å². The highest BCUT2D eigenvalue weighted by Crippen LogP contribution is 2.27. The number of carbonyl (C=O) groups is 2. The Hall–Kier alpha value is -3.94. The van der Waals surface area contributed by atoms with Crippen LogP contribution in [0.1, 0.15) is 40.2 Å². The lowest BCUT2D eigenvalue weighted by atomic mass is 10.1. The van der Waals surface area contributed by atoms with Gasteiger partial charge in [-0.25, -0.2) is 0 Å². The van der Waals surface area contributed by atoms with Crippen molar-refractivity contribution in [2.45, 2.75) is 19.3 Å². The van der Waals surface area contributed by atoms with Crippen LogP contribution in [0.5, 0.6) is 0 Å². The monoisotopic (exact) mass is 419 g/mol. The molecule has 0 bridgehead atoms. The second-order valence-electron chi connectivity index (χ2n) is 7.32. The zero-order valence-corrected chi connectivity index (χ0v) is 16.7. The zero-order chi connectivity index (χ0) is 21.8. The van der Waals surface area contributed by atoms with Crippen molar-refractivity contribution in [2.24, 2.45) is 0 Å². The number of para-hydroxylation sites is 1. The number of hydrogen-bond donors (Lipinski definition) is 1. The van der Waals surface area contributed by atoms with Gasteiger partial charge in [-0.2, -0.15) is 0 Å². The van der Waals surface area contributed by atoms with E-state index in [0.717, 1.165) is 19.3 Å². The normalized spacial score (nSPS) is 13.6. The Labute approximate surface area is 178 Å². The molecular formula is C23H21N3O5. The third-order valence-corrected chi connectivity index (χ3v) is 5.22. The maximum atomic E-state index is 12.9. The van der Waals surface area contributed by atoms with Gasteiger partial charge >= 0.3 is 0 Å². The van der Waals surface area contributed by atoms with E-state index >= 15 is 0 Å². The van der Waals surface area contributed by atoms with Crippen LogP contribution in [0.4, 0.5) is 11.4 Å². The number of amides is 2. The van der Waals surface area contributed by atoms with Gasteiger partial charge in [-0.05, 0) is 43.5 Å². The Morgan fingerprint density at radius 3 is 2.52 bits per heavy atom. The van der Waals surface area contributed by atoms with E-state index in [1.165, 1.54) is 18.2 Å². The van der Waals surface area contributed by atoms with E-state index < -0.39 is 10.8 Å². The standard InChI is InChI=1S/C23H21N3O5/c27-22(21-12-11-20(31-21)16-7-6-8-17(15-16)26(29)30)24-19-10-3-2-9-18(19)23(28)25-13-4-1-5-14-25/h2-3,6-12,15H,1,4-5,13-14H2,(H,24,27). The maximum Gasteiger partial charge on any atom is 0.291 e. The number of non-ortho nitro benzene ring substituents is 1. The van der Waals surface area contributed by atoms with Crippen LogP contribution in [0, 0.1) is 10.1 Å². The minimum Gasteiger partial charge on any atom is -0.451 e. The third kappa shape index (κ3) is 4.48. The van der Waals surface area contributed by atoms with E-state index in [1.807, 2.05) is 4.90 Å². The van der Waals surface area contributed by atoms with Gasteiger partial charge in [0.15, 0.2) is 5.76 Å². The van der Waals surface area contributed by atoms with Gasteiger partial charge in [-0.15, -0.1) is 0 Å². The number of carbonyl (C=O) groups excluding carboxylic acids is 2. The summed E-state index contributed by atoms with van der Waals surface area (Å²) in [4.78, 5) is 38.0. The molecule has 1 saturated heterocycles. The molecule has 2 aromatic carbocycles. The number of hydrogen-bond acceptors (Lipinski definition) is 5. The molecule has 158 valence electrons. The van der Waals surface area contributed by atoms with Gasteiger partial charge in [0.25, 0.3) is 17.5 Å². The number of likely N-dealkylation sites (tertiary alicyclic amines) is 1. The first kappa shape index (κ1) is 20.3. The smallest absolute Gasteiger partial charge is 0.291 e. The molecule has 0 atom stereocenters. The molecule has 1 fully saturated rings. The van der Waals surface area contributed by atoms with Gasteiger partial charge in [-0.1, -0.05) is 24.3 Å². The topological polar surface area (TPSA) is 106 Å². The van der Waals surface area contributed by atoms with Gasteiger partial charge in [0.1, 0.15) is 5.76 Å². The molecule has 1 aliphatic rings. The number of nitro benzene ring substituents is 1. The second-order valence-corrected chi connectivity index (χ2v) is 7.32. The molecule has 31 heavy (non-hydrogen) atoms. The predicted octanol–water partition coefficient (Wildman–Crippen LogP) is 4.73. The van der Waals surface area contributed by atoms with Crippen LogP contribution < -0.4 is 5.32 Å². The molecule has 0 unspecified atom stereocenters. The van der Waals surface area contributed by atoms with E-state index in [-0.39, 0.29) is 17.4 Å². The number of nitro groups is 1. The quantitative estimate of drug-likeness (QED) is 0.475. The first-order chi connectivity index (χ1) is 15.0. The van der Waals surface area contributed by atoms with Crippen molar-refractivity contribution in [2.75, 3.05) is 18.4 Å². The summed E-state index contributed by atoms with van der Waals surface area (Å²) in [6.45, 7) is 1.43. The van der Waals surface area contributed by atoms with Crippen LogP contribution in [0.3, 0.4) is 0 Å². The summed E-state index contributed by atoms with van der Waals surface area (Å²) < 4.78 is 5.63. The van der Waals surface area contributed by atoms with E-state index in [2.05, 4.69) is 5.32 Å². The molecule has 2 heterocycles. The summed E-state index contributed by atoms with van der Waals surface area (Å²) in [5.41, 5.74) is 1.28. The minimum absolute atomic E-state index is 0.0433. The van der Waals surface area contributed by atoms with E-state index in [4.69, 9.17) is 4.42 Å². The molecule has 8 heteroatoms. The second kappa shape index (κ2) is 8.83. The van der Waals surface area contributed by atoms with Crippen LogP contribution >= 0.6 is 0 Å². The van der Waals surface area contributed by atoms with Crippen LogP contribution in [0.25, 0.3) is 11.3 Å². The molecule has 0 saturated carbocycles. The number of anilines is 1. The summed E-state index contributed by atoms with van der Waals surface area (Å²) in [6, 6.07) is 16.0. The molecule has 2 amide bonds. The first-order valence-electron chi connectivity index (χ1n) is 10.1. The van der Waals surface area contributed by atoms with Crippen LogP contribution in [-0.2, 0) is 0 Å². The molecule has 0 aliphatic carbocycles. The highest BCUT2D eigenvalue weighted by molar-refractivity contribution is 6.08. The minimum atomic E-state index is -0.504. The highest BCUT2D eigenvalue weighted by atomic mass is 16.6. The highest BCUT2D eigenvalue weighted by Gasteiger charge is 2.22. The van der Waals surface area contributed by atoms with Crippen molar-refractivity contribution in [3.05, 3.63) is 82.1 Å². The molecule has 3 aromatic rings. The lowest BCUT2D eigenvalue weighted by Crippen LogP contribution is -2.36. The fraction of sp³-hybridized carbons (Fsp3) is 0.217. The summed E-state index contributed by atoms with van der Waals surface area (Å²) >= 11 is 0. The zero-order valence-electron chi connectivity index (χ0n) is 16.7. The first-order valence-corrected chi connectivity index (χ1v) is 10.1. The third-order valence-electron chi connectivity index (χ3n) is 5.22. The van der Waals surface area contributed by atoms with Gasteiger partial charge in [0.2, 0.25) is 0 Å². The van der Waals surface area contributed by atoms with Crippen molar-refractivity contribution in [3.8, 4) is 11.3 Å². The van der Waals surface area contributed by atoms with Crippen molar-refractivity contribution in [1.82, 2.24) is 4.90 Å². The molecule has 4 rings (SSSR count). The van der Waals surface area contributed by atoms with Crippen molar-refractivity contribution in [3.63, 3.8) is 0 Å². The Morgan fingerprint density at radius 2 is 1.74 bits per heavy atom. The van der Waals surface area contributed by atoms with Gasteiger partial charge in [0, 0.05) is 30.8 Å². The lowest BCUT2D eigenvalue weighted by molar-refractivity contribution is -0.384. The Morgan fingerprint density at radius 1 is 0.968 bits per heavy atom. The molecule has 0 spiro atoms. The predicted molar refractivity (Wildman–Crippen MR) is 115 cm³/mol. The van der Waals surface area contributed by atoms with Crippen molar-refractivity contribution in [1.29, 1.82) is 0 Å². The van der Waals surface area contributed by atoms with Crippen LogP contribution in [0.2, 0.25) is 0 Å². The summed E-state index contributed by atoms with van der Waals surface area (Å²) in [6.07, 6.45) is 3.08. The molecular weight excluding hydrogens is 398 g/mol. The van der Waals surface area contributed by atoms with Gasteiger partial charge < -0.3 is 14.6 Å². The Kier molecular flexibility index (Phi) is 5.79. The average Bonchev–Trinajstić information content (AvgIpc) is 3.30. The average molecular weight is 419 g/mol. The van der Waals surface area contributed by atoms with Crippen LogP contribution in [0.15, 0.2) is 65.1 Å². The fourth-order valence-electron chi connectivity index (χ4n) is 3.62. The fourth-order valence-corrected chi connectivity index (χ4v) is 3.62. The molecule has 0 radical (unpaired) electrons. The molecule has 8 nitrogen and oxygen atoms in total. The SMILES string of the molecule is O=C(Nc1ccccc1C(=O)N1CCCCC1)c1ccc(-c2cccc([N+](=O)[O-])c2)o1. The number of nitrogens with one attached hydrogen (secondary N) is 1. The summed E-state index contributed by atoms with van der Waals surface area (Å²) in [7, 11) is 0. The number of nitrogens with zero attached hydrogens (tertiary/aromatic N) is 2.